The smallest absolute Gasteiger partial charge is 0.274 e. The van der Waals surface area contributed by atoms with Crippen LogP contribution in [-0.2, 0) is 17.6 Å². The lowest BCUT2D eigenvalue weighted by Crippen LogP contribution is -2.44. The molecule has 2 aliphatic rings. The molecule has 1 atom stereocenters. The average molecular weight is 345 g/mol. The number of aromatic nitrogens is 3. The van der Waals surface area contributed by atoms with Gasteiger partial charge in [-0.3, -0.25) is 14.7 Å². The number of amides is 2. The molecular weight excluding hydrogens is 326 g/mol. The van der Waals surface area contributed by atoms with Crippen molar-refractivity contribution in [1.29, 1.82) is 0 Å². The van der Waals surface area contributed by atoms with Gasteiger partial charge in [0.15, 0.2) is 10.8 Å². The maximum atomic E-state index is 12.8. The minimum absolute atomic E-state index is 0.0545. The second-order valence-corrected chi connectivity index (χ2v) is 7.19. The third-order valence-corrected chi connectivity index (χ3v) is 5.44. The topological polar surface area (TPSA) is 91.0 Å². The number of rotatable bonds is 3. The minimum Gasteiger partial charge on any atom is -0.336 e. The number of thiazole rings is 1. The molecule has 0 saturated carbocycles. The molecule has 1 saturated heterocycles. The molecule has 0 radical (unpaired) electrons. The number of aromatic amines is 1. The molecule has 0 spiro atoms. The Bertz CT molecular complexity index is 755. The van der Waals surface area contributed by atoms with Crippen molar-refractivity contribution in [3.05, 3.63) is 28.5 Å². The van der Waals surface area contributed by atoms with Crippen molar-refractivity contribution < 1.29 is 9.59 Å². The molecule has 1 unspecified atom stereocenters. The van der Waals surface area contributed by atoms with Gasteiger partial charge in [-0.2, -0.15) is 5.10 Å². The summed E-state index contributed by atoms with van der Waals surface area (Å²) in [4.78, 5) is 31.1. The first-order valence-corrected chi connectivity index (χ1v) is 9.16. The lowest BCUT2D eigenvalue weighted by atomic mass is 9.96. The van der Waals surface area contributed by atoms with Gasteiger partial charge < -0.3 is 10.2 Å². The van der Waals surface area contributed by atoms with Gasteiger partial charge in [-0.1, -0.05) is 0 Å². The molecular formula is C16H19N5O2S. The lowest BCUT2D eigenvalue weighted by molar-refractivity contribution is -0.121. The fourth-order valence-electron chi connectivity index (χ4n) is 3.51. The third-order valence-electron chi connectivity index (χ3n) is 4.75. The standard InChI is InChI=1S/C16H19N5O2S/c22-14(18-16-17-6-8-24-16)10-3-2-7-21(9-10)15(23)13-11-4-1-5-12(11)19-20-13/h6,8,10H,1-5,7,9H2,(H,19,20)(H,17,18,22). The van der Waals surface area contributed by atoms with Crippen molar-refractivity contribution in [2.45, 2.75) is 32.1 Å². The van der Waals surface area contributed by atoms with Crippen molar-refractivity contribution in [3.8, 4) is 0 Å². The Balaban J connectivity index is 1.44. The van der Waals surface area contributed by atoms with E-state index in [9.17, 15) is 9.59 Å². The van der Waals surface area contributed by atoms with Crippen LogP contribution in [0, 0.1) is 5.92 Å². The monoisotopic (exact) mass is 345 g/mol. The van der Waals surface area contributed by atoms with Crippen molar-refractivity contribution >= 4 is 28.3 Å². The molecule has 2 amide bonds. The van der Waals surface area contributed by atoms with Gasteiger partial charge in [0, 0.05) is 35.9 Å². The lowest BCUT2D eigenvalue weighted by Gasteiger charge is -2.31. The maximum absolute atomic E-state index is 12.8. The van der Waals surface area contributed by atoms with Crippen LogP contribution in [0.15, 0.2) is 11.6 Å². The Labute approximate surface area is 143 Å². The molecule has 3 heterocycles. The highest BCUT2D eigenvalue weighted by atomic mass is 32.1. The Kier molecular flexibility index (Phi) is 4.05. The minimum atomic E-state index is -0.196. The first-order chi connectivity index (χ1) is 11.7. The summed E-state index contributed by atoms with van der Waals surface area (Å²) in [6.07, 6.45) is 6.23. The number of hydrogen-bond acceptors (Lipinski definition) is 5. The van der Waals surface area contributed by atoms with Gasteiger partial charge in [-0.05, 0) is 32.1 Å². The van der Waals surface area contributed by atoms with E-state index < -0.39 is 0 Å². The number of fused-ring (bicyclic) bond motifs is 1. The number of nitrogens with one attached hydrogen (secondary N) is 2. The number of anilines is 1. The first-order valence-electron chi connectivity index (χ1n) is 8.28. The predicted molar refractivity (Wildman–Crippen MR) is 90.0 cm³/mol. The van der Waals surface area contributed by atoms with Crippen LogP contribution in [-0.4, -0.2) is 45.0 Å². The van der Waals surface area contributed by atoms with Crippen LogP contribution in [0.3, 0.4) is 0 Å². The summed E-state index contributed by atoms with van der Waals surface area (Å²) < 4.78 is 0. The molecule has 126 valence electrons. The van der Waals surface area contributed by atoms with Crippen molar-refractivity contribution in [1.82, 2.24) is 20.1 Å². The summed E-state index contributed by atoms with van der Waals surface area (Å²) in [5.41, 5.74) is 2.70. The third kappa shape index (κ3) is 2.82. The summed E-state index contributed by atoms with van der Waals surface area (Å²) in [6, 6.07) is 0. The second kappa shape index (κ2) is 6.35. The van der Waals surface area contributed by atoms with E-state index in [1.54, 1.807) is 11.1 Å². The van der Waals surface area contributed by atoms with E-state index in [-0.39, 0.29) is 17.7 Å². The fourth-order valence-corrected chi connectivity index (χ4v) is 4.05. The van der Waals surface area contributed by atoms with E-state index >= 15 is 0 Å². The number of hydrogen-bond donors (Lipinski definition) is 2. The molecule has 1 fully saturated rings. The number of piperidine rings is 1. The van der Waals surface area contributed by atoms with Gasteiger partial charge in [0.05, 0.1) is 5.92 Å². The zero-order valence-electron chi connectivity index (χ0n) is 13.2. The van der Waals surface area contributed by atoms with E-state index in [0.717, 1.165) is 43.4 Å². The van der Waals surface area contributed by atoms with Crippen LogP contribution in [0.4, 0.5) is 5.13 Å². The molecule has 24 heavy (non-hydrogen) atoms. The molecule has 2 aromatic rings. The Hall–Kier alpha value is -2.22. The second-order valence-electron chi connectivity index (χ2n) is 6.30. The van der Waals surface area contributed by atoms with Crippen LogP contribution in [0.5, 0.6) is 0 Å². The molecule has 1 aliphatic carbocycles. The highest BCUT2D eigenvalue weighted by molar-refractivity contribution is 7.13. The number of aryl methyl sites for hydroxylation is 1. The van der Waals surface area contributed by atoms with Crippen molar-refractivity contribution in [3.63, 3.8) is 0 Å². The molecule has 1 aliphatic heterocycles. The van der Waals surface area contributed by atoms with Crippen LogP contribution in [0.2, 0.25) is 0 Å². The van der Waals surface area contributed by atoms with Gasteiger partial charge in [-0.15, -0.1) is 11.3 Å². The Morgan fingerprint density at radius 2 is 2.25 bits per heavy atom. The number of carbonyl (C=O) groups excluding carboxylic acids is 2. The van der Waals surface area contributed by atoms with Crippen LogP contribution >= 0.6 is 11.3 Å². The number of nitrogens with zero attached hydrogens (tertiary/aromatic N) is 3. The van der Waals surface area contributed by atoms with Crippen LogP contribution in [0.1, 0.15) is 41.0 Å². The zero-order valence-corrected chi connectivity index (χ0v) is 14.1. The normalized spacial score (nSPS) is 20.0. The maximum Gasteiger partial charge on any atom is 0.274 e. The van der Waals surface area contributed by atoms with Gasteiger partial charge in [0.25, 0.3) is 5.91 Å². The van der Waals surface area contributed by atoms with E-state index in [4.69, 9.17) is 0 Å². The van der Waals surface area contributed by atoms with E-state index in [2.05, 4.69) is 20.5 Å². The van der Waals surface area contributed by atoms with Crippen LogP contribution in [0.25, 0.3) is 0 Å². The van der Waals surface area contributed by atoms with Gasteiger partial charge in [-0.25, -0.2) is 4.98 Å². The molecule has 7 nitrogen and oxygen atoms in total. The first kappa shape index (κ1) is 15.3. The number of likely N-dealkylation sites (tertiary alicyclic amines) is 1. The molecule has 2 aromatic heterocycles. The predicted octanol–water partition coefficient (Wildman–Crippen LogP) is 1.85. The molecule has 4 rings (SSSR count). The molecule has 8 heteroatoms. The van der Waals surface area contributed by atoms with Crippen LogP contribution < -0.4 is 5.32 Å². The summed E-state index contributed by atoms with van der Waals surface area (Å²) in [6.45, 7) is 1.12. The highest BCUT2D eigenvalue weighted by Gasteiger charge is 2.32. The zero-order chi connectivity index (χ0) is 16.5. The molecule has 0 aromatic carbocycles. The quantitative estimate of drug-likeness (QED) is 0.888. The average Bonchev–Trinajstić information content (AvgIpc) is 3.32. The molecule has 0 bridgehead atoms. The van der Waals surface area contributed by atoms with Gasteiger partial charge in [0.1, 0.15) is 0 Å². The summed E-state index contributed by atoms with van der Waals surface area (Å²) >= 11 is 1.40. The Morgan fingerprint density at radius 1 is 1.33 bits per heavy atom. The van der Waals surface area contributed by atoms with E-state index in [1.807, 2.05) is 5.38 Å². The van der Waals surface area contributed by atoms with E-state index in [1.165, 1.54) is 11.3 Å². The van der Waals surface area contributed by atoms with Gasteiger partial charge >= 0.3 is 0 Å². The summed E-state index contributed by atoms with van der Waals surface area (Å²) in [7, 11) is 0. The number of H-pyrrole nitrogens is 1. The highest BCUT2D eigenvalue weighted by Crippen LogP contribution is 2.26. The van der Waals surface area contributed by atoms with Crippen molar-refractivity contribution in [2.75, 3.05) is 18.4 Å². The van der Waals surface area contributed by atoms with Gasteiger partial charge in [0.2, 0.25) is 5.91 Å². The summed E-state index contributed by atoms with van der Waals surface area (Å²) in [5, 5.41) is 12.5. The van der Waals surface area contributed by atoms with Crippen molar-refractivity contribution in [2.24, 2.45) is 5.92 Å². The summed E-state index contributed by atoms with van der Waals surface area (Å²) in [5.74, 6) is -0.311. The Morgan fingerprint density at radius 3 is 3.08 bits per heavy atom. The fraction of sp³-hybridized carbons (Fsp3) is 0.500. The largest absolute Gasteiger partial charge is 0.336 e. The van der Waals surface area contributed by atoms with E-state index in [0.29, 0.717) is 23.9 Å². The molecule has 2 N–H and O–H groups in total. The number of carbonyl (C=O) groups is 2. The SMILES string of the molecule is O=C(Nc1nccs1)C1CCCN(C(=O)c2n[nH]c3c2CCC3)C1.